The number of hydrogen-bond acceptors (Lipinski definition) is 4. The van der Waals surface area contributed by atoms with Gasteiger partial charge in [-0.05, 0) is 67.1 Å². The van der Waals surface area contributed by atoms with Crippen LogP contribution < -0.4 is 15.2 Å². The number of hydrogen-bond donors (Lipinski definition) is 2. The molecular weight excluding hydrogens is 357 g/mol. The Labute approximate surface area is 155 Å². The molecule has 3 aromatic carbocycles. The molecule has 3 aromatic rings. The van der Waals surface area contributed by atoms with Gasteiger partial charge in [0.25, 0.3) is 0 Å². The van der Waals surface area contributed by atoms with E-state index in [1.165, 1.54) is 30.3 Å². The number of aryl methyl sites for hydroxylation is 1. The van der Waals surface area contributed by atoms with Gasteiger partial charge in [0.1, 0.15) is 35.4 Å². The number of anilines is 1. The number of phenols is 1. The highest BCUT2D eigenvalue weighted by Crippen LogP contribution is 2.36. The van der Waals surface area contributed by atoms with Crippen LogP contribution in [-0.4, -0.2) is 5.11 Å². The van der Waals surface area contributed by atoms with Crippen molar-refractivity contribution in [2.24, 2.45) is 0 Å². The molecule has 26 heavy (non-hydrogen) atoms. The van der Waals surface area contributed by atoms with Gasteiger partial charge in [-0.2, -0.15) is 0 Å². The Morgan fingerprint density at radius 1 is 1.04 bits per heavy atom. The van der Waals surface area contributed by atoms with Crippen LogP contribution in [0.3, 0.4) is 0 Å². The summed E-state index contributed by atoms with van der Waals surface area (Å²) in [5, 5.41) is 10.4. The van der Waals surface area contributed by atoms with Gasteiger partial charge in [0.15, 0.2) is 0 Å². The van der Waals surface area contributed by atoms with E-state index in [4.69, 9.17) is 26.8 Å². The minimum absolute atomic E-state index is 0.0691. The Morgan fingerprint density at radius 2 is 1.73 bits per heavy atom. The highest BCUT2D eigenvalue weighted by atomic mass is 35.5. The molecule has 0 aliphatic heterocycles. The first-order chi connectivity index (χ1) is 12.4. The molecule has 3 rings (SSSR count). The fourth-order valence-corrected chi connectivity index (χ4v) is 2.75. The fourth-order valence-electron chi connectivity index (χ4n) is 2.44. The van der Waals surface area contributed by atoms with E-state index in [9.17, 15) is 9.50 Å². The van der Waals surface area contributed by atoms with Gasteiger partial charge in [0.05, 0.1) is 5.02 Å². The van der Waals surface area contributed by atoms with Gasteiger partial charge >= 0.3 is 0 Å². The molecule has 0 saturated carbocycles. The van der Waals surface area contributed by atoms with E-state index in [0.29, 0.717) is 33.5 Å². The molecule has 0 unspecified atom stereocenters. The molecule has 0 bridgehead atoms. The number of aromatic hydroxyl groups is 1. The zero-order valence-electron chi connectivity index (χ0n) is 14.0. The van der Waals surface area contributed by atoms with Gasteiger partial charge in [0, 0.05) is 11.3 Å². The first-order valence-corrected chi connectivity index (χ1v) is 8.24. The molecule has 4 nitrogen and oxygen atoms in total. The van der Waals surface area contributed by atoms with Crippen molar-refractivity contribution in [1.29, 1.82) is 0 Å². The average molecular weight is 374 g/mol. The summed E-state index contributed by atoms with van der Waals surface area (Å²) >= 11 is 6.20. The minimum Gasteiger partial charge on any atom is -0.508 e. The second-order valence-corrected chi connectivity index (χ2v) is 6.19. The van der Waals surface area contributed by atoms with Crippen LogP contribution in [-0.2, 0) is 6.61 Å². The number of nitrogen functional groups attached to an aromatic ring is 1. The molecule has 0 fully saturated rings. The third-order valence-corrected chi connectivity index (χ3v) is 4.01. The van der Waals surface area contributed by atoms with Crippen molar-refractivity contribution in [1.82, 2.24) is 0 Å². The molecule has 3 N–H and O–H groups in total. The number of ether oxygens (including phenoxy) is 2. The standard InChI is InChI=1S/C20H17ClFNO3/c1-12-8-15(23)10-18(21)20(12)26-17-6-7-19(24)13(9-17)11-25-16-4-2-14(22)3-5-16/h2-10,24H,11,23H2,1H3. The monoisotopic (exact) mass is 373 g/mol. The normalized spacial score (nSPS) is 10.6. The first kappa shape index (κ1) is 17.9. The maximum Gasteiger partial charge on any atom is 0.149 e. The topological polar surface area (TPSA) is 64.7 Å². The summed E-state index contributed by atoms with van der Waals surface area (Å²) in [5.41, 5.74) is 7.63. The summed E-state index contributed by atoms with van der Waals surface area (Å²) < 4.78 is 24.4. The predicted molar refractivity (Wildman–Crippen MR) is 99.5 cm³/mol. The Balaban J connectivity index is 1.78. The van der Waals surface area contributed by atoms with E-state index >= 15 is 0 Å². The van der Waals surface area contributed by atoms with E-state index in [-0.39, 0.29) is 18.2 Å². The van der Waals surface area contributed by atoms with Gasteiger partial charge in [-0.1, -0.05) is 11.6 Å². The van der Waals surface area contributed by atoms with Gasteiger partial charge in [-0.25, -0.2) is 4.39 Å². The smallest absolute Gasteiger partial charge is 0.149 e. The Hall–Kier alpha value is -2.92. The van der Waals surface area contributed by atoms with Gasteiger partial charge in [-0.15, -0.1) is 0 Å². The van der Waals surface area contributed by atoms with Crippen LogP contribution >= 0.6 is 11.6 Å². The largest absolute Gasteiger partial charge is 0.508 e. The maximum absolute atomic E-state index is 12.9. The molecular formula is C20H17ClFNO3. The summed E-state index contributed by atoms with van der Waals surface area (Å²) in [6.45, 7) is 1.94. The SMILES string of the molecule is Cc1cc(N)cc(Cl)c1Oc1ccc(O)c(COc2ccc(F)cc2)c1. The van der Waals surface area contributed by atoms with Crippen LogP contribution in [0.5, 0.6) is 23.0 Å². The number of benzene rings is 3. The highest BCUT2D eigenvalue weighted by molar-refractivity contribution is 6.32. The van der Waals surface area contributed by atoms with E-state index < -0.39 is 0 Å². The van der Waals surface area contributed by atoms with Gasteiger partial charge in [-0.3, -0.25) is 0 Å². The van der Waals surface area contributed by atoms with Crippen LogP contribution in [0.25, 0.3) is 0 Å². The highest BCUT2D eigenvalue weighted by Gasteiger charge is 2.11. The van der Waals surface area contributed by atoms with Crippen LogP contribution in [0.2, 0.25) is 5.02 Å². The lowest BCUT2D eigenvalue weighted by atomic mass is 10.2. The van der Waals surface area contributed by atoms with E-state index in [2.05, 4.69) is 0 Å². The van der Waals surface area contributed by atoms with Crippen molar-refractivity contribution >= 4 is 17.3 Å². The maximum atomic E-state index is 12.9. The van der Waals surface area contributed by atoms with Crippen LogP contribution in [0, 0.1) is 12.7 Å². The molecule has 0 spiro atoms. The summed E-state index contributed by atoms with van der Waals surface area (Å²) in [7, 11) is 0. The van der Waals surface area contributed by atoms with Crippen LogP contribution in [0.1, 0.15) is 11.1 Å². The van der Waals surface area contributed by atoms with Crippen molar-refractivity contribution in [2.45, 2.75) is 13.5 Å². The fraction of sp³-hybridized carbons (Fsp3) is 0.100. The summed E-state index contributed by atoms with van der Waals surface area (Å²) in [4.78, 5) is 0. The average Bonchev–Trinajstić information content (AvgIpc) is 2.59. The zero-order chi connectivity index (χ0) is 18.7. The lowest BCUT2D eigenvalue weighted by Gasteiger charge is -2.13. The number of rotatable bonds is 5. The third-order valence-electron chi connectivity index (χ3n) is 3.73. The predicted octanol–water partition coefficient (Wildman–Crippen LogP) is 5.45. The molecule has 0 aromatic heterocycles. The number of phenolic OH excluding ortho intramolecular Hbond substituents is 1. The van der Waals surface area contributed by atoms with Crippen LogP contribution in [0.15, 0.2) is 54.6 Å². The van der Waals surface area contributed by atoms with Crippen molar-refractivity contribution in [3.63, 3.8) is 0 Å². The van der Waals surface area contributed by atoms with Crippen molar-refractivity contribution in [2.75, 3.05) is 5.73 Å². The van der Waals surface area contributed by atoms with Crippen molar-refractivity contribution in [3.8, 4) is 23.0 Å². The van der Waals surface area contributed by atoms with E-state index in [1.54, 1.807) is 24.3 Å². The molecule has 134 valence electrons. The summed E-state index contributed by atoms with van der Waals surface area (Å²) in [6.07, 6.45) is 0. The number of halogens is 2. The molecule has 0 saturated heterocycles. The lowest BCUT2D eigenvalue weighted by molar-refractivity contribution is 0.298. The second-order valence-electron chi connectivity index (χ2n) is 5.78. The van der Waals surface area contributed by atoms with E-state index in [0.717, 1.165) is 5.56 Å². The second kappa shape index (κ2) is 7.54. The molecule has 0 radical (unpaired) electrons. The molecule has 0 aliphatic carbocycles. The quantitative estimate of drug-likeness (QED) is 0.584. The van der Waals surface area contributed by atoms with Crippen LogP contribution in [0.4, 0.5) is 10.1 Å². The lowest BCUT2D eigenvalue weighted by Crippen LogP contribution is -1.97. The summed E-state index contributed by atoms with van der Waals surface area (Å²) in [6, 6.07) is 13.8. The zero-order valence-corrected chi connectivity index (χ0v) is 14.8. The molecule has 0 amide bonds. The Morgan fingerprint density at radius 3 is 2.42 bits per heavy atom. The molecule has 6 heteroatoms. The summed E-state index contributed by atoms with van der Waals surface area (Å²) in [5.74, 6) is 1.22. The molecule has 0 aliphatic rings. The Bertz CT molecular complexity index is 906. The molecule has 0 atom stereocenters. The van der Waals surface area contributed by atoms with Gasteiger partial charge < -0.3 is 20.3 Å². The van der Waals surface area contributed by atoms with E-state index in [1.807, 2.05) is 6.92 Å². The molecule has 0 heterocycles. The van der Waals surface area contributed by atoms with Gasteiger partial charge in [0.2, 0.25) is 0 Å². The number of nitrogens with two attached hydrogens (primary N) is 1. The van der Waals surface area contributed by atoms with Crippen molar-refractivity contribution in [3.05, 3.63) is 76.6 Å². The minimum atomic E-state index is -0.341. The van der Waals surface area contributed by atoms with Crippen molar-refractivity contribution < 1.29 is 19.0 Å². The first-order valence-electron chi connectivity index (χ1n) is 7.86. The third kappa shape index (κ3) is 4.18. The Kier molecular flexibility index (Phi) is 5.19.